The zero-order valence-corrected chi connectivity index (χ0v) is 12.6. The molecule has 1 aliphatic heterocycles. The number of anilines is 2. The van der Waals surface area contributed by atoms with Crippen LogP contribution in [0.5, 0.6) is 5.75 Å². The molecule has 2 aliphatic rings. The van der Waals surface area contributed by atoms with Crippen LogP contribution >= 0.6 is 0 Å². The first-order chi connectivity index (χ1) is 10.2. The van der Waals surface area contributed by atoms with Gasteiger partial charge in [-0.1, -0.05) is 11.6 Å². The lowest BCUT2D eigenvalue weighted by Gasteiger charge is -2.26. The first-order valence-electron chi connectivity index (χ1n) is 7.78. The van der Waals surface area contributed by atoms with Crippen molar-refractivity contribution in [2.75, 3.05) is 17.6 Å². The molecule has 0 bridgehead atoms. The van der Waals surface area contributed by atoms with E-state index in [2.05, 4.69) is 16.4 Å². The molecule has 1 heterocycles. The molecule has 1 unspecified atom stereocenters. The Morgan fingerprint density at radius 1 is 1.38 bits per heavy atom. The number of allylic oxidation sites excluding steroid dienone is 1. The maximum absolute atomic E-state index is 5.88. The molecule has 1 aromatic carbocycles. The molecule has 0 amide bonds. The number of amidine groups is 1. The number of fused-ring (bicyclic) bond motifs is 1. The minimum Gasteiger partial charge on any atom is -0.481 e. The Kier molecular flexibility index (Phi) is 4.13. The van der Waals surface area contributed by atoms with E-state index in [-0.39, 0.29) is 6.10 Å². The topological polar surface area (TPSA) is 59.6 Å². The van der Waals surface area contributed by atoms with Crippen LogP contribution in [0, 0.1) is 0 Å². The fraction of sp³-hybridized carbons (Fsp3) is 0.471. The molecule has 1 aliphatic carbocycles. The molecule has 0 spiro atoms. The molecule has 21 heavy (non-hydrogen) atoms. The molecule has 0 aromatic heterocycles. The van der Waals surface area contributed by atoms with Crippen molar-refractivity contribution in [3.05, 3.63) is 29.8 Å². The third kappa shape index (κ3) is 3.38. The summed E-state index contributed by atoms with van der Waals surface area (Å²) in [6, 6.07) is 5.64. The molecule has 0 saturated heterocycles. The van der Waals surface area contributed by atoms with Crippen molar-refractivity contribution in [1.29, 1.82) is 0 Å². The zero-order chi connectivity index (χ0) is 14.7. The second-order valence-electron chi connectivity index (χ2n) is 5.77. The van der Waals surface area contributed by atoms with Gasteiger partial charge in [0.05, 0.1) is 5.69 Å². The van der Waals surface area contributed by atoms with Crippen molar-refractivity contribution >= 4 is 17.2 Å². The summed E-state index contributed by atoms with van der Waals surface area (Å²) in [5, 5.41) is 3.35. The number of aliphatic imine (C=N–C) groups is 1. The van der Waals surface area contributed by atoms with Crippen LogP contribution in [0.15, 0.2) is 34.8 Å². The number of benzene rings is 1. The SMILES string of the molecule is CC1Oc2ccc(N)cc2NC1=NCCC1=CCCCC1. The second-order valence-corrected chi connectivity index (χ2v) is 5.77. The van der Waals surface area contributed by atoms with Gasteiger partial charge >= 0.3 is 0 Å². The molecular formula is C17H23N3O. The Labute approximate surface area is 126 Å². The highest BCUT2D eigenvalue weighted by atomic mass is 16.5. The van der Waals surface area contributed by atoms with Gasteiger partial charge in [-0.2, -0.15) is 0 Å². The fourth-order valence-corrected chi connectivity index (χ4v) is 2.85. The van der Waals surface area contributed by atoms with Crippen molar-refractivity contribution in [3.8, 4) is 5.75 Å². The van der Waals surface area contributed by atoms with Crippen molar-refractivity contribution in [2.24, 2.45) is 4.99 Å². The van der Waals surface area contributed by atoms with Crippen molar-refractivity contribution in [1.82, 2.24) is 0 Å². The summed E-state index contributed by atoms with van der Waals surface area (Å²) in [7, 11) is 0. The predicted molar refractivity (Wildman–Crippen MR) is 88.0 cm³/mol. The summed E-state index contributed by atoms with van der Waals surface area (Å²) < 4.78 is 5.88. The number of nitrogens with two attached hydrogens (primary N) is 1. The molecule has 0 radical (unpaired) electrons. The van der Waals surface area contributed by atoms with Gasteiger partial charge in [-0.3, -0.25) is 4.99 Å². The van der Waals surface area contributed by atoms with Crippen LogP contribution < -0.4 is 15.8 Å². The molecule has 3 N–H and O–H groups in total. The summed E-state index contributed by atoms with van der Waals surface area (Å²) in [6.45, 7) is 2.84. The highest BCUT2D eigenvalue weighted by Gasteiger charge is 2.21. The lowest BCUT2D eigenvalue weighted by Crippen LogP contribution is -2.35. The fourth-order valence-electron chi connectivity index (χ4n) is 2.85. The lowest BCUT2D eigenvalue weighted by molar-refractivity contribution is 0.282. The number of nitrogens with one attached hydrogen (secondary N) is 1. The van der Waals surface area contributed by atoms with Gasteiger partial charge in [-0.25, -0.2) is 0 Å². The first kappa shape index (κ1) is 14.0. The molecule has 4 heteroatoms. The maximum Gasteiger partial charge on any atom is 0.153 e. The van der Waals surface area contributed by atoms with Crippen LogP contribution in [-0.4, -0.2) is 18.5 Å². The van der Waals surface area contributed by atoms with Crippen molar-refractivity contribution < 1.29 is 4.74 Å². The van der Waals surface area contributed by atoms with Crippen molar-refractivity contribution in [3.63, 3.8) is 0 Å². The van der Waals surface area contributed by atoms with Crippen LogP contribution in [-0.2, 0) is 0 Å². The van der Waals surface area contributed by atoms with E-state index >= 15 is 0 Å². The van der Waals surface area contributed by atoms with Gasteiger partial charge in [-0.05, 0) is 57.2 Å². The van der Waals surface area contributed by atoms with Gasteiger partial charge in [0.15, 0.2) is 6.10 Å². The molecule has 1 atom stereocenters. The standard InChI is InChI=1S/C17H23N3O/c1-12-17(19-10-9-13-5-3-2-4-6-13)20-15-11-14(18)7-8-16(15)21-12/h5,7-8,11-12H,2-4,6,9-10,18H2,1H3,(H,19,20). The summed E-state index contributed by atoms with van der Waals surface area (Å²) in [5.41, 5.74) is 9.01. The van der Waals surface area contributed by atoms with Gasteiger partial charge < -0.3 is 15.8 Å². The molecule has 1 aromatic rings. The maximum atomic E-state index is 5.88. The van der Waals surface area contributed by atoms with Crippen LogP contribution in [0.1, 0.15) is 39.0 Å². The number of rotatable bonds is 3. The number of hydrogen-bond acceptors (Lipinski definition) is 3. The van der Waals surface area contributed by atoms with Crippen molar-refractivity contribution in [2.45, 2.75) is 45.1 Å². The summed E-state index contributed by atoms with van der Waals surface area (Å²) in [6.07, 6.45) is 8.53. The Morgan fingerprint density at radius 2 is 2.29 bits per heavy atom. The average Bonchev–Trinajstić information content (AvgIpc) is 2.49. The van der Waals surface area contributed by atoms with Gasteiger partial charge in [0, 0.05) is 12.2 Å². The minimum atomic E-state index is -0.0403. The van der Waals surface area contributed by atoms with E-state index in [0.29, 0.717) is 0 Å². The highest BCUT2D eigenvalue weighted by Crippen LogP contribution is 2.31. The minimum absolute atomic E-state index is 0.0403. The quantitative estimate of drug-likeness (QED) is 0.657. The Bertz CT molecular complexity index is 577. The highest BCUT2D eigenvalue weighted by molar-refractivity contribution is 6.02. The Morgan fingerprint density at radius 3 is 3.10 bits per heavy atom. The number of nitrogens with zero attached hydrogens (tertiary/aromatic N) is 1. The monoisotopic (exact) mass is 285 g/mol. The first-order valence-corrected chi connectivity index (χ1v) is 7.78. The predicted octanol–water partition coefficient (Wildman–Crippen LogP) is 3.75. The molecule has 4 nitrogen and oxygen atoms in total. The van der Waals surface area contributed by atoms with Gasteiger partial charge in [-0.15, -0.1) is 0 Å². The Balaban J connectivity index is 1.65. The number of hydrogen-bond donors (Lipinski definition) is 2. The molecule has 112 valence electrons. The van der Waals surface area contributed by atoms with Crippen LogP contribution in [0.4, 0.5) is 11.4 Å². The third-order valence-electron chi connectivity index (χ3n) is 4.06. The van der Waals surface area contributed by atoms with Crippen LogP contribution in [0.3, 0.4) is 0 Å². The third-order valence-corrected chi connectivity index (χ3v) is 4.06. The zero-order valence-electron chi connectivity index (χ0n) is 12.6. The molecule has 3 rings (SSSR count). The number of ether oxygens (including phenoxy) is 1. The van der Waals surface area contributed by atoms with E-state index in [9.17, 15) is 0 Å². The lowest BCUT2D eigenvalue weighted by atomic mass is 9.97. The molecule has 0 fully saturated rings. The van der Waals surface area contributed by atoms with E-state index in [0.717, 1.165) is 35.9 Å². The molecule has 0 saturated carbocycles. The normalized spacial score (nSPS) is 23.0. The molecular weight excluding hydrogens is 262 g/mol. The largest absolute Gasteiger partial charge is 0.481 e. The average molecular weight is 285 g/mol. The second kappa shape index (κ2) is 6.20. The van der Waals surface area contributed by atoms with E-state index in [1.807, 2.05) is 25.1 Å². The summed E-state index contributed by atoms with van der Waals surface area (Å²) in [4.78, 5) is 4.69. The van der Waals surface area contributed by atoms with Gasteiger partial charge in [0.25, 0.3) is 0 Å². The Hall–Kier alpha value is -1.97. The summed E-state index contributed by atoms with van der Waals surface area (Å²) in [5.74, 6) is 1.73. The number of nitrogen functional groups attached to an aromatic ring is 1. The van der Waals surface area contributed by atoms with E-state index in [1.165, 1.54) is 25.7 Å². The van der Waals surface area contributed by atoms with Crippen LogP contribution in [0.25, 0.3) is 0 Å². The van der Waals surface area contributed by atoms with E-state index in [4.69, 9.17) is 10.5 Å². The van der Waals surface area contributed by atoms with Gasteiger partial charge in [0.2, 0.25) is 0 Å². The van der Waals surface area contributed by atoms with Crippen LogP contribution in [0.2, 0.25) is 0 Å². The smallest absolute Gasteiger partial charge is 0.153 e. The van der Waals surface area contributed by atoms with E-state index in [1.54, 1.807) is 5.57 Å². The van der Waals surface area contributed by atoms with E-state index < -0.39 is 0 Å². The summed E-state index contributed by atoms with van der Waals surface area (Å²) >= 11 is 0. The van der Waals surface area contributed by atoms with Gasteiger partial charge in [0.1, 0.15) is 11.6 Å².